The number of anilines is 1. The Labute approximate surface area is 232 Å². The van der Waals surface area contributed by atoms with E-state index in [1.54, 1.807) is 0 Å². The summed E-state index contributed by atoms with van der Waals surface area (Å²) >= 11 is 6.02. The second-order valence-electron chi connectivity index (χ2n) is 11.2. The molecule has 6 nitrogen and oxygen atoms in total. The van der Waals surface area contributed by atoms with Crippen molar-refractivity contribution in [2.45, 2.75) is 63.8 Å². The Balaban J connectivity index is 1.48. The molecule has 206 valence electrons. The summed E-state index contributed by atoms with van der Waals surface area (Å²) in [5.74, 6) is 0.876. The van der Waals surface area contributed by atoms with Crippen LogP contribution < -0.4 is 21.5 Å². The molecular formula is C31H43ClN4O2. The van der Waals surface area contributed by atoms with Crippen LogP contribution in [0.2, 0.25) is 5.02 Å². The van der Waals surface area contributed by atoms with Gasteiger partial charge < -0.3 is 31.5 Å². The molecular weight excluding hydrogens is 496 g/mol. The Bertz CT molecular complexity index is 1130. The van der Waals surface area contributed by atoms with E-state index in [0.29, 0.717) is 6.61 Å². The number of aliphatic hydroxyl groups is 1. The summed E-state index contributed by atoms with van der Waals surface area (Å²) in [7, 11) is 0. The molecule has 4 rings (SSSR count). The van der Waals surface area contributed by atoms with E-state index in [1.807, 2.05) is 50.2 Å². The molecule has 0 radical (unpaired) electrons. The summed E-state index contributed by atoms with van der Waals surface area (Å²) in [6.45, 7) is 9.02. The number of nitrogens with one attached hydrogen (secondary N) is 1. The van der Waals surface area contributed by atoms with E-state index in [9.17, 15) is 5.11 Å². The lowest BCUT2D eigenvalue weighted by molar-refractivity contribution is 0.0785. The highest BCUT2D eigenvalue weighted by molar-refractivity contribution is 6.30. The minimum atomic E-state index is -0.939. The minimum absolute atomic E-state index is 0.0508. The zero-order valence-electron chi connectivity index (χ0n) is 22.9. The minimum Gasteiger partial charge on any atom is -0.491 e. The molecule has 2 aliphatic heterocycles. The van der Waals surface area contributed by atoms with Crippen molar-refractivity contribution in [3.05, 3.63) is 76.8 Å². The van der Waals surface area contributed by atoms with Gasteiger partial charge in [0.05, 0.1) is 11.3 Å². The topological polar surface area (TPSA) is 96.8 Å². The first-order chi connectivity index (χ1) is 18.1. The third-order valence-electron chi connectivity index (χ3n) is 7.62. The molecule has 2 aromatic carbocycles. The quantitative estimate of drug-likeness (QED) is 0.261. The molecule has 2 aliphatic rings. The zero-order chi connectivity index (χ0) is 27.3. The molecule has 0 saturated carbocycles. The largest absolute Gasteiger partial charge is 0.491 e. The zero-order valence-corrected chi connectivity index (χ0v) is 23.7. The first kappa shape index (κ1) is 28.7. The van der Waals surface area contributed by atoms with Gasteiger partial charge in [-0.05, 0) is 87.1 Å². The summed E-state index contributed by atoms with van der Waals surface area (Å²) in [6, 6.07) is 13.5. The molecule has 2 atom stereocenters. The molecule has 7 heteroatoms. The van der Waals surface area contributed by atoms with Crippen molar-refractivity contribution in [2.24, 2.45) is 17.4 Å². The molecule has 2 aromatic rings. The predicted molar refractivity (Wildman–Crippen MR) is 158 cm³/mol. The monoisotopic (exact) mass is 538 g/mol. The average molecular weight is 539 g/mol. The lowest BCUT2D eigenvalue weighted by Crippen LogP contribution is -2.55. The SMILES string of the molecule is CC/C=C\C1/C(=C\CCN2CCC(N)(Nc3ccc(Cl)cc3)CC2)c2cc(C(C)(C)O)ccc2OCC1N. The van der Waals surface area contributed by atoms with Crippen LogP contribution in [0.5, 0.6) is 5.75 Å². The van der Waals surface area contributed by atoms with Gasteiger partial charge in [0.1, 0.15) is 12.4 Å². The molecule has 0 aromatic heterocycles. The van der Waals surface area contributed by atoms with Gasteiger partial charge in [-0.15, -0.1) is 0 Å². The summed E-state index contributed by atoms with van der Waals surface area (Å²) < 4.78 is 6.12. The number of fused-ring (bicyclic) bond motifs is 1. The Morgan fingerprint density at radius 2 is 1.89 bits per heavy atom. The van der Waals surface area contributed by atoms with Crippen molar-refractivity contribution in [1.82, 2.24) is 4.90 Å². The van der Waals surface area contributed by atoms with E-state index in [4.69, 9.17) is 27.8 Å². The van der Waals surface area contributed by atoms with Gasteiger partial charge in [0.15, 0.2) is 0 Å². The molecule has 0 amide bonds. The Morgan fingerprint density at radius 3 is 2.55 bits per heavy atom. The lowest BCUT2D eigenvalue weighted by atomic mass is 9.84. The fraction of sp³-hybridized carbons (Fsp3) is 0.484. The van der Waals surface area contributed by atoms with Crippen LogP contribution in [0.1, 0.15) is 57.6 Å². The highest BCUT2D eigenvalue weighted by Crippen LogP contribution is 2.39. The van der Waals surface area contributed by atoms with E-state index in [-0.39, 0.29) is 12.0 Å². The van der Waals surface area contributed by atoms with Gasteiger partial charge in [0, 0.05) is 47.9 Å². The molecule has 2 unspecified atom stereocenters. The maximum atomic E-state index is 10.7. The van der Waals surface area contributed by atoms with Crippen molar-refractivity contribution in [2.75, 3.05) is 31.6 Å². The van der Waals surface area contributed by atoms with Gasteiger partial charge >= 0.3 is 0 Å². The van der Waals surface area contributed by atoms with Gasteiger partial charge in [-0.1, -0.05) is 42.8 Å². The standard InChI is InChI=1S/C31H43ClN4O2/c1-4-5-7-26-25(27-20-22(30(2,3)37)9-14-29(27)38-21-28(26)33)8-6-17-36-18-15-31(34,16-19-36)35-24-12-10-23(32)11-13-24/h5,7-14,20,26,28,35,37H,4,6,15-19,21,33-34H2,1-3H3/b7-5-,25-8+. The van der Waals surface area contributed by atoms with Crippen LogP contribution >= 0.6 is 11.6 Å². The van der Waals surface area contributed by atoms with Crippen LogP contribution in [0.15, 0.2) is 60.7 Å². The lowest BCUT2D eigenvalue weighted by Gasteiger charge is -2.40. The first-order valence-electron chi connectivity index (χ1n) is 13.8. The van der Waals surface area contributed by atoms with E-state index in [1.165, 1.54) is 5.57 Å². The Morgan fingerprint density at radius 1 is 1.18 bits per heavy atom. The number of rotatable bonds is 8. The molecule has 0 aliphatic carbocycles. The fourth-order valence-corrected chi connectivity index (χ4v) is 5.39. The second-order valence-corrected chi connectivity index (χ2v) is 11.6. The fourth-order valence-electron chi connectivity index (χ4n) is 5.26. The molecule has 2 heterocycles. The number of piperidine rings is 1. The van der Waals surface area contributed by atoms with Gasteiger partial charge in [0.2, 0.25) is 0 Å². The van der Waals surface area contributed by atoms with Crippen molar-refractivity contribution in [3.63, 3.8) is 0 Å². The molecule has 38 heavy (non-hydrogen) atoms. The van der Waals surface area contributed by atoms with Gasteiger partial charge in [-0.2, -0.15) is 0 Å². The summed E-state index contributed by atoms with van der Waals surface area (Å²) in [5.41, 5.74) is 16.0. The summed E-state index contributed by atoms with van der Waals surface area (Å²) in [4.78, 5) is 2.48. The van der Waals surface area contributed by atoms with E-state index < -0.39 is 11.3 Å². The van der Waals surface area contributed by atoms with Crippen molar-refractivity contribution >= 4 is 22.9 Å². The third-order valence-corrected chi connectivity index (χ3v) is 7.88. The Kier molecular flexibility index (Phi) is 9.22. The maximum absolute atomic E-state index is 10.7. The number of likely N-dealkylation sites (tertiary alicyclic amines) is 1. The highest BCUT2D eigenvalue weighted by Gasteiger charge is 2.31. The summed E-state index contributed by atoms with van der Waals surface area (Å²) in [5, 5.41) is 14.9. The maximum Gasteiger partial charge on any atom is 0.126 e. The van der Waals surface area contributed by atoms with Crippen LogP contribution in [0.4, 0.5) is 5.69 Å². The van der Waals surface area contributed by atoms with Gasteiger partial charge in [-0.25, -0.2) is 0 Å². The highest BCUT2D eigenvalue weighted by atomic mass is 35.5. The number of ether oxygens (including phenoxy) is 1. The number of hydrogen-bond acceptors (Lipinski definition) is 6. The van der Waals surface area contributed by atoms with Gasteiger partial charge in [0.25, 0.3) is 0 Å². The summed E-state index contributed by atoms with van der Waals surface area (Å²) in [6.07, 6.45) is 10.3. The number of hydrogen-bond donors (Lipinski definition) is 4. The molecule has 1 saturated heterocycles. The molecule has 0 bridgehead atoms. The van der Waals surface area contributed by atoms with Crippen molar-refractivity contribution in [1.29, 1.82) is 0 Å². The van der Waals surface area contributed by atoms with Crippen LogP contribution in [-0.4, -0.2) is 48.0 Å². The van der Waals surface area contributed by atoms with Gasteiger partial charge in [-0.3, -0.25) is 0 Å². The predicted octanol–water partition coefficient (Wildman–Crippen LogP) is 5.51. The molecule has 1 fully saturated rings. The van der Waals surface area contributed by atoms with Crippen LogP contribution in [-0.2, 0) is 5.60 Å². The Hall–Kier alpha value is -2.35. The van der Waals surface area contributed by atoms with E-state index in [2.05, 4.69) is 41.4 Å². The number of nitrogens with two attached hydrogens (primary N) is 2. The molecule has 0 spiro atoms. The van der Waals surface area contributed by atoms with E-state index >= 15 is 0 Å². The normalized spacial score (nSPS) is 23.2. The third kappa shape index (κ3) is 7.19. The smallest absolute Gasteiger partial charge is 0.126 e. The second kappa shape index (κ2) is 12.2. The van der Waals surface area contributed by atoms with E-state index in [0.717, 1.165) is 72.9 Å². The van der Waals surface area contributed by atoms with Crippen LogP contribution in [0, 0.1) is 5.92 Å². The average Bonchev–Trinajstić information content (AvgIpc) is 3.01. The number of allylic oxidation sites excluding steroid dienone is 1. The number of halogens is 1. The number of nitrogens with zero attached hydrogens (tertiary/aromatic N) is 1. The molecule has 6 N–H and O–H groups in total. The van der Waals surface area contributed by atoms with Crippen molar-refractivity contribution < 1.29 is 9.84 Å². The first-order valence-corrected chi connectivity index (χ1v) is 14.1. The van der Waals surface area contributed by atoms with Crippen molar-refractivity contribution in [3.8, 4) is 5.75 Å². The van der Waals surface area contributed by atoms with Crippen LogP contribution in [0.25, 0.3) is 5.57 Å². The van der Waals surface area contributed by atoms with Crippen LogP contribution in [0.3, 0.4) is 0 Å². The number of benzene rings is 2.